The number of halogens is 1. The van der Waals surface area contributed by atoms with Crippen molar-refractivity contribution in [3.05, 3.63) is 74.8 Å². The fourth-order valence-corrected chi connectivity index (χ4v) is 2.79. The second kappa shape index (κ2) is 11.8. The van der Waals surface area contributed by atoms with Gasteiger partial charge in [0.1, 0.15) is 0 Å². The molecule has 0 aromatic heterocycles. The van der Waals surface area contributed by atoms with Gasteiger partial charge in [-0.15, -0.1) is 0 Å². The van der Waals surface area contributed by atoms with E-state index in [0.717, 1.165) is 12.8 Å². The number of amides is 1. The molecule has 2 N–H and O–H groups in total. The summed E-state index contributed by atoms with van der Waals surface area (Å²) in [6.45, 7) is 2.29. The molecule has 162 valence electrons. The van der Waals surface area contributed by atoms with E-state index in [1.807, 2.05) is 6.92 Å². The van der Waals surface area contributed by atoms with Crippen LogP contribution in [0.15, 0.2) is 48.5 Å². The normalized spacial score (nSPS) is 10.5. The van der Waals surface area contributed by atoms with Crippen LogP contribution in [0, 0.1) is 10.1 Å². The molecule has 0 bridgehead atoms. The number of hydrogen-bond donors (Lipinski definition) is 2. The van der Waals surface area contributed by atoms with Crippen LogP contribution >= 0.6 is 23.8 Å². The Bertz CT molecular complexity index is 1030. The number of nitrogens with one attached hydrogen (secondary N) is 2. The summed E-state index contributed by atoms with van der Waals surface area (Å²) in [5.74, 6) is -1.07. The molecule has 8 nitrogen and oxygen atoms in total. The second-order valence-corrected chi connectivity index (χ2v) is 7.13. The van der Waals surface area contributed by atoms with E-state index in [4.69, 9.17) is 28.6 Å². The van der Waals surface area contributed by atoms with Gasteiger partial charge in [-0.1, -0.05) is 37.1 Å². The van der Waals surface area contributed by atoms with Gasteiger partial charge in [0.2, 0.25) is 5.91 Å². The number of hydrogen-bond acceptors (Lipinski definition) is 6. The zero-order valence-corrected chi connectivity index (χ0v) is 18.2. The lowest BCUT2D eigenvalue weighted by Crippen LogP contribution is -2.32. The van der Waals surface area contributed by atoms with Gasteiger partial charge in [-0.3, -0.25) is 20.2 Å². The number of esters is 1. The molecule has 2 aromatic rings. The summed E-state index contributed by atoms with van der Waals surface area (Å²) >= 11 is 11.2. The average Bonchev–Trinajstić information content (AvgIpc) is 2.73. The first-order valence-electron chi connectivity index (χ1n) is 9.31. The van der Waals surface area contributed by atoms with Crippen molar-refractivity contribution in [3.63, 3.8) is 0 Å². The molecular formula is C21H20ClN3O5S. The molecule has 0 saturated heterocycles. The number of non-ortho nitro benzene ring substituents is 1. The van der Waals surface area contributed by atoms with Crippen molar-refractivity contribution < 1.29 is 19.2 Å². The first kappa shape index (κ1) is 24.0. The predicted molar refractivity (Wildman–Crippen MR) is 123 cm³/mol. The fraction of sp³-hybridized carbons (Fsp3) is 0.190. The maximum atomic E-state index is 12.2. The van der Waals surface area contributed by atoms with E-state index in [1.165, 1.54) is 42.5 Å². The summed E-state index contributed by atoms with van der Waals surface area (Å²) in [5, 5.41) is 16.3. The summed E-state index contributed by atoms with van der Waals surface area (Å²) in [6.07, 6.45) is 4.27. The highest BCUT2D eigenvalue weighted by molar-refractivity contribution is 7.80. The largest absolute Gasteiger partial charge is 0.462 e. The first-order valence-corrected chi connectivity index (χ1v) is 10.1. The van der Waals surface area contributed by atoms with Gasteiger partial charge in [0, 0.05) is 23.9 Å². The lowest BCUT2D eigenvalue weighted by molar-refractivity contribution is -0.384. The van der Waals surface area contributed by atoms with Gasteiger partial charge in [-0.05, 0) is 48.5 Å². The topological polar surface area (TPSA) is 111 Å². The van der Waals surface area contributed by atoms with Crippen molar-refractivity contribution in [2.45, 2.75) is 19.8 Å². The third kappa shape index (κ3) is 7.80. The Hall–Kier alpha value is -3.30. The molecule has 0 saturated carbocycles. The van der Waals surface area contributed by atoms with E-state index >= 15 is 0 Å². The molecule has 0 heterocycles. The van der Waals surface area contributed by atoms with Gasteiger partial charge >= 0.3 is 5.97 Å². The number of thiocarbonyl (C=S) groups is 1. The maximum Gasteiger partial charge on any atom is 0.339 e. The molecule has 2 aromatic carbocycles. The van der Waals surface area contributed by atoms with Crippen LogP contribution in [0.4, 0.5) is 11.4 Å². The Morgan fingerprint density at radius 3 is 2.74 bits per heavy atom. The molecule has 1 amide bonds. The van der Waals surface area contributed by atoms with Crippen LogP contribution in [-0.2, 0) is 9.53 Å². The van der Waals surface area contributed by atoms with Crippen LogP contribution in [0.2, 0.25) is 5.02 Å². The number of nitro groups is 1. The number of rotatable bonds is 8. The highest BCUT2D eigenvalue weighted by Crippen LogP contribution is 2.21. The number of carbonyl (C=O) groups excluding carboxylic acids is 2. The van der Waals surface area contributed by atoms with Crippen LogP contribution in [0.25, 0.3) is 6.08 Å². The predicted octanol–water partition coefficient (Wildman–Crippen LogP) is 4.73. The number of nitro benzene ring substituents is 1. The summed E-state index contributed by atoms with van der Waals surface area (Å²) < 4.78 is 5.17. The van der Waals surface area contributed by atoms with Crippen molar-refractivity contribution in [3.8, 4) is 0 Å². The van der Waals surface area contributed by atoms with Gasteiger partial charge in [0.05, 0.1) is 22.1 Å². The van der Waals surface area contributed by atoms with Gasteiger partial charge in [-0.2, -0.15) is 0 Å². The second-order valence-electron chi connectivity index (χ2n) is 6.31. The Morgan fingerprint density at radius 2 is 2.03 bits per heavy atom. The smallest absolute Gasteiger partial charge is 0.339 e. The van der Waals surface area contributed by atoms with E-state index in [9.17, 15) is 19.7 Å². The lowest BCUT2D eigenvalue weighted by Gasteiger charge is -2.11. The lowest BCUT2D eigenvalue weighted by atomic mass is 10.2. The first-order chi connectivity index (χ1) is 14.8. The minimum absolute atomic E-state index is 0.00122. The summed E-state index contributed by atoms with van der Waals surface area (Å²) in [6, 6.07) is 10.4. The molecule has 10 heteroatoms. The van der Waals surface area contributed by atoms with Crippen LogP contribution < -0.4 is 10.6 Å². The van der Waals surface area contributed by atoms with Crippen molar-refractivity contribution >= 4 is 58.3 Å². The van der Waals surface area contributed by atoms with Crippen LogP contribution in [0.1, 0.15) is 35.7 Å². The Kier molecular flexibility index (Phi) is 9.11. The third-order valence-corrected chi connectivity index (χ3v) is 4.45. The van der Waals surface area contributed by atoms with E-state index < -0.39 is 16.8 Å². The monoisotopic (exact) mass is 461 g/mol. The number of anilines is 1. The molecular weight excluding hydrogens is 442 g/mol. The number of benzene rings is 2. The summed E-state index contributed by atoms with van der Waals surface area (Å²) in [7, 11) is 0. The highest BCUT2D eigenvalue weighted by atomic mass is 35.5. The van der Waals surface area contributed by atoms with Gasteiger partial charge in [0.15, 0.2) is 5.11 Å². The number of unbranched alkanes of at least 4 members (excludes halogenated alkanes) is 1. The van der Waals surface area contributed by atoms with Crippen LogP contribution in [0.5, 0.6) is 0 Å². The van der Waals surface area contributed by atoms with Crippen molar-refractivity contribution in [2.24, 2.45) is 0 Å². The molecule has 31 heavy (non-hydrogen) atoms. The highest BCUT2D eigenvalue weighted by Gasteiger charge is 2.13. The number of nitrogens with zero attached hydrogens (tertiary/aromatic N) is 1. The summed E-state index contributed by atoms with van der Waals surface area (Å²) in [5.41, 5.74) is 1.04. The molecule has 0 aliphatic rings. The van der Waals surface area contributed by atoms with E-state index in [2.05, 4.69) is 10.6 Å². The molecule has 0 fully saturated rings. The number of carbonyl (C=O) groups is 2. The van der Waals surface area contributed by atoms with E-state index in [0.29, 0.717) is 17.9 Å². The molecule has 0 radical (unpaired) electrons. The maximum absolute atomic E-state index is 12.2. The van der Waals surface area contributed by atoms with Gasteiger partial charge < -0.3 is 10.1 Å². The Balaban J connectivity index is 1.96. The van der Waals surface area contributed by atoms with E-state index in [-0.39, 0.29) is 21.4 Å². The zero-order valence-electron chi connectivity index (χ0n) is 16.6. The molecule has 0 aliphatic heterocycles. The third-order valence-electron chi connectivity index (χ3n) is 3.92. The van der Waals surface area contributed by atoms with Crippen LogP contribution in [-0.4, -0.2) is 28.5 Å². The van der Waals surface area contributed by atoms with Crippen molar-refractivity contribution in [2.75, 3.05) is 11.9 Å². The molecule has 0 atom stereocenters. The SMILES string of the molecule is CCCCOC(=O)c1cc(NC(=S)NC(=O)/C=C/c2cccc([N+](=O)[O-])c2)ccc1Cl. The quantitative estimate of drug-likeness (QED) is 0.146. The van der Waals surface area contributed by atoms with Crippen LogP contribution in [0.3, 0.4) is 0 Å². The van der Waals surface area contributed by atoms with Gasteiger partial charge in [0.25, 0.3) is 5.69 Å². The molecule has 0 unspecified atom stereocenters. The molecule has 0 spiro atoms. The van der Waals surface area contributed by atoms with E-state index in [1.54, 1.807) is 12.1 Å². The summed E-state index contributed by atoms with van der Waals surface area (Å²) in [4.78, 5) is 34.5. The van der Waals surface area contributed by atoms with Gasteiger partial charge in [-0.25, -0.2) is 4.79 Å². The Morgan fingerprint density at radius 1 is 1.26 bits per heavy atom. The fourth-order valence-electron chi connectivity index (χ4n) is 2.38. The van der Waals surface area contributed by atoms with Crippen molar-refractivity contribution in [1.82, 2.24) is 5.32 Å². The molecule has 0 aliphatic carbocycles. The standard InChI is InChI=1S/C21H20ClN3O5S/c1-2-3-11-30-20(27)17-13-15(8-9-18(17)22)23-21(31)24-19(26)10-7-14-5-4-6-16(12-14)25(28)29/h4-10,12-13H,2-3,11H2,1H3,(H2,23,24,26,31)/b10-7+. The zero-order chi connectivity index (χ0) is 22.8. The number of ether oxygens (including phenoxy) is 1. The molecule has 2 rings (SSSR count). The minimum Gasteiger partial charge on any atom is -0.462 e. The average molecular weight is 462 g/mol. The van der Waals surface area contributed by atoms with Crippen molar-refractivity contribution in [1.29, 1.82) is 0 Å². The minimum atomic E-state index is -0.544. The Labute approximate surface area is 189 Å².